The summed E-state index contributed by atoms with van der Waals surface area (Å²) in [5, 5.41) is 10.6. The largest absolute Gasteiger partial charge is 0.424 e. The zero-order chi connectivity index (χ0) is 22.6. The van der Waals surface area contributed by atoms with Crippen LogP contribution in [0.1, 0.15) is 0 Å². The first-order chi connectivity index (χ1) is 16.1. The first-order valence-corrected chi connectivity index (χ1v) is 11.7. The van der Waals surface area contributed by atoms with Gasteiger partial charge in [0.15, 0.2) is 5.82 Å². The monoisotopic (exact) mass is 554 g/mol. The number of likely N-dealkylation sites (N-methyl/N-ethyl adjacent to an activating group) is 1. The molecule has 2 aromatic heterocycles. The molecule has 33 heavy (non-hydrogen) atoms. The number of hydrogen-bond acceptors (Lipinski definition) is 8. The smallest absolute Gasteiger partial charge is 0.328 e. The fourth-order valence-corrected chi connectivity index (χ4v) is 4.01. The molecule has 2 aromatic carbocycles. The van der Waals surface area contributed by atoms with Gasteiger partial charge < -0.3 is 19.9 Å². The maximum atomic E-state index is 5.99. The highest BCUT2D eigenvalue weighted by molar-refractivity contribution is 14.1. The Morgan fingerprint density at radius 2 is 1.76 bits per heavy atom. The Kier molecular flexibility index (Phi) is 6.35. The standard InChI is InChI=1S/C23H23IN8O/c1-31-10-12-32(13-11-31)22-26-21(27-23(28-22)33-18-9-5-8-17(24)14-18)25-20-15-19(29-30-20)16-6-3-2-4-7-16/h2-9,14-15H,10-13H2,1H3,(H2,25,26,27,28,29,30). The number of anilines is 3. The Bertz CT molecular complexity index is 1220. The lowest BCUT2D eigenvalue weighted by atomic mass is 10.2. The van der Waals surface area contributed by atoms with Gasteiger partial charge in [-0.15, -0.1) is 0 Å². The number of aromatic nitrogens is 5. The van der Waals surface area contributed by atoms with E-state index >= 15 is 0 Å². The summed E-state index contributed by atoms with van der Waals surface area (Å²) in [7, 11) is 2.12. The molecule has 10 heteroatoms. The molecule has 0 unspecified atom stereocenters. The number of nitrogens with one attached hydrogen (secondary N) is 2. The summed E-state index contributed by atoms with van der Waals surface area (Å²) >= 11 is 2.25. The molecule has 1 aliphatic heterocycles. The third-order valence-corrected chi connectivity index (χ3v) is 5.97. The summed E-state index contributed by atoms with van der Waals surface area (Å²) < 4.78 is 7.06. The fraction of sp³-hybridized carbons (Fsp3) is 0.217. The van der Waals surface area contributed by atoms with E-state index in [0.29, 0.717) is 23.5 Å². The van der Waals surface area contributed by atoms with Gasteiger partial charge in [0.2, 0.25) is 11.9 Å². The van der Waals surface area contributed by atoms with Gasteiger partial charge >= 0.3 is 6.01 Å². The molecule has 2 N–H and O–H groups in total. The SMILES string of the molecule is CN1CCN(c2nc(Nc3cc(-c4ccccc4)[nH]n3)nc(Oc3cccc(I)c3)n2)CC1. The third kappa shape index (κ3) is 5.40. The van der Waals surface area contributed by atoms with Crippen molar-refractivity contribution in [3.8, 4) is 23.0 Å². The number of rotatable bonds is 6. The van der Waals surface area contributed by atoms with E-state index in [0.717, 1.165) is 41.0 Å². The second-order valence-corrected chi connectivity index (χ2v) is 8.99. The van der Waals surface area contributed by atoms with Crippen molar-refractivity contribution in [3.63, 3.8) is 0 Å². The molecule has 0 bridgehead atoms. The predicted octanol–water partition coefficient (Wildman–Crippen LogP) is 4.15. The van der Waals surface area contributed by atoms with E-state index in [1.54, 1.807) is 0 Å². The molecule has 1 saturated heterocycles. The summed E-state index contributed by atoms with van der Waals surface area (Å²) in [6, 6.07) is 20.0. The molecule has 3 heterocycles. The van der Waals surface area contributed by atoms with Crippen molar-refractivity contribution in [1.29, 1.82) is 0 Å². The van der Waals surface area contributed by atoms with E-state index in [-0.39, 0.29) is 6.01 Å². The van der Waals surface area contributed by atoms with Crippen LogP contribution in [0, 0.1) is 3.57 Å². The molecule has 0 aliphatic carbocycles. The molecule has 0 saturated carbocycles. The van der Waals surface area contributed by atoms with E-state index in [9.17, 15) is 0 Å². The molecular weight excluding hydrogens is 531 g/mol. The molecule has 5 rings (SSSR count). The van der Waals surface area contributed by atoms with Crippen molar-refractivity contribution in [2.75, 3.05) is 43.4 Å². The Morgan fingerprint density at radius 3 is 2.55 bits per heavy atom. The minimum absolute atomic E-state index is 0.238. The average molecular weight is 554 g/mol. The van der Waals surface area contributed by atoms with Gasteiger partial charge in [-0.05, 0) is 53.4 Å². The number of ether oxygens (including phenoxy) is 1. The van der Waals surface area contributed by atoms with Gasteiger partial charge in [-0.25, -0.2) is 0 Å². The first kappa shape index (κ1) is 21.6. The van der Waals surface area contributed by atoms with E-state index in [2.05, 4.69) is 69.9 Å². The van der Waals surface area contributed by atoms with Gasteiger partial charge in [0.05, 0.1) is 5.69 Å². The van der Waals surface area contributed by atoms with Crippen LogP contribution in [0.15, 0.2) is 60.7 Å². The van der Waals surface area contributed by atoms with Crippen molar-refractivity contribution in [1.82, 2.24) is 30.0 Å². The van der Waals surface area contributed by atoms with E-state index in [4.69, 9.17) is 4.74 Å². The summed E-state index contributed by atoms with van der Waals surface area (Å²) in [5.74, 6) is 2.25. The van der Waals surface area contributed by atoms with Crippen LogP contribution in [0.3, 0.4) is 0 Å². The minimum atomic E-state index is 0.238. The maximum Gasteiger partial charge on any atom is 0.328 e. The molecule has 0 atom stereocenters. The lowest BCUT2D eigenvalue weighted by Gasteiger charge is -2.32. The van der Waals surface area contributed by atoms with Crippen LogP contribution < -0.4 is 15.0 Å². The number of aromatic amines is 1. The van der Waals surface area contributed by atoms with Crippen LogP contribution >= 0.6 is 22.6 Å². The van der Waals surface area contributed by atoms with Gasteiger partial charge in [-0.1, -0.05) is 36.4 Å². The van der Waals surface area contributed by atoms with Crippen LogP contribution in [0.2, 0.25) is 0 Å². The molecule has 1 aliphatic rings. The number of nitrogens with zero attached hydrogens (tertiary/aromatic N) is 6. The summed E-state index contributed by atoms with van der Waals surface area (Å²) in [6.07, 6.45) is 0. The van der Waals surface area contributed by atoms with Crippen molar-refractivity contribution < 1.29 is 4.74 Å². The third-order valence-electron chi connectivity index (χ3n) is 5.30. The van der Waals surface area contributed by atoms with Crippen LogP contribution in [0.5, 0.6) is 11.8 Å². The molecule has 0 amide bonds. The van der Waals surface area contributed by atoms with Gasteiger partial charge in [-0.3, -0.25) is 5.10 Å². The topological polar surface area (TPSA) is 95.1 Å². The average Bonchev–Trinajstić information content (AvgIpc) is 3.28. The Hall–Kier alpha value is -3.25. The van der Waals surface area contributed by atoms with Crippen LogP contribution in [0.4, 0.5) is 17.7 Å². The van der Waals surface area contributed by atoms with Crippen LogP contribution in [-0.4, -0.2) is 63.3 Å². The fourth-order valence-electron chi connectivity index (χ4n) is 3.50. The van der Waals surface area contributed by atoms with Gasteiger partial charge in [-0.2, -0.15) is 20.1 Å². The molecule has 0 radical (unpaired) electrons. The van der Waals surface area contributed by atoms with E-state index in [1.807, 2.05) is 60.7 Å². The van der Waals surface area contributed by atoms with E-state index < -0.39 is 0 Å². The van der Waals surface area contributed by atoms with Gasteiger partial charge in [0.1, 0.15) is 5.75 Å². The molecule has 1 fully saturated rings. The zero-order valence-electron chi connectivity index (χ0n) is 18.1. The Morgan fingerprint density at radius 1 is 0.939 bits per heavy atom. The molecule has 168 valence electrons. The number of piperazine rings is 1. The Balaban J connectivity index is 1.43. The maximum absolute atomic E-state index is 5.99. The normalized spacial score (nSPS) is 14.3. The molecular formula is C23H23IN8O. The Labute approximate surface area is 205 Å². The van der Waals surface area contributed by atoms with Crippen LogP contribution in [0.25, 0.3) is 11.3 Å². The lowest BCUT2D eigenvalue weighted by Crippen LogP contribution is -2.45. The van der Waals surface area contributed by atoms with Gasteiger partial charge in [0, 0.05) is 35.8 Å². The lowest BCUT2D eigenvalue weighted by molar-refractivity contribution is 0.310. The van der Waals surface area contributed by atoms with Crippen molar-refractivity contribution in [3.05, 3.63) is 64.2 Å². The first-order valence-electron chi connectivity index (χ1n) is 10.6. The molecule has 4 aromatic rings. The van der Waals surface area contributed by atoms with E-state index in [1.165, 1.54) is 0 Å². The molecule has 9 nitrogen and oxygen atoms in total. The number of benzene rings is 2. The minimum Gasteiger partial charge on any atom is -0.424 e. The second-order valence-electron chi connectivity index (χ2n) is 7.75. The summed E-state index contributed by atoms with van der Waals surface area (Å²) in [6.45, 7) is 3.56. The van der Waals surface area contributed by atoms with Crippen LogP contribution in [-0.2, 0) is 0 Å². The van der Waals surface area contributed by atoms with Crippen molar-refractivity contribution in [2.45, 2.75) is 0 Å². The number of H-pyrrole nitrogens is 1. The highest BCUT2D eigenvalue weighted by Crippen LogP contribution is 2.25. The summed E-state index contributed by atoms with van der Waals surface area (Å²) in [4.78, 5) is 18.2. The predicted molar refractivity (Wildman–Crippen MR) is 136 cm³/mol. The highest BCUT2D eigenvalue weighted by Gasteiger charge is 2.20. The van der Waals surface area contributed by atoms with Gasteiger partial charge in [0.25, 0.3) is 0 Å². The summed E-state index contributed by atoms with van der Waals surface area (Å²) in [5.41, 5.74) is 1.95. The van der Waals surface area contributed by atoms with Crippen molar-refractivity contribution in [2.24, 2.45) is 0 Å². The number of hydrogen-bond donors (Lipinski definition) is 2. The highest BCUT2D eigenvalue weighted by atomic mass is 127. The zero-order valence-corrected chi connectivity index (χ0v) is 20.2. The second kappa shape index (κ2) is 9.71. The van der Waals surface area contributed by atoms with Crippen molar-refractivity contribution >= 4 is 40.3 Å². The quantitative estimate of drug-likeness (QED) is 0.344. The number of halogens is 1. The molecule has 0 spiro atoms.